The lowest BCUT2D eigenvalue weighted by atomic mass is 9.99. The van der Waals surface area contributed by atoms with E-state index in [1.807, 2.05) is 0 Å². The Bertz CT molecular complexity index is 817. The molecule has 27 heavy (non-hydrogen) atoms. The molecule has 7 heteroatoms. The smallest absolute Gasteiger partial charge is 0.310 e. The maximum Gasteiger partial charge on any atom is 0.310 e. The highest BCUT2D eigenvalue weighted by Crippen LogP contribution is 2.24. The topological polar surface area (TPSA) is 69.7 Å². The second-order valence-corrected chi connectivity index (χ2v) is 7.05. The van der Waals surface area contributed by atoms with Crippen LogP contribution in [0.3, 0.4) is 0 Å². The van der Waals surface area contributed by atoms with E-state index in [2.05, 4.69) is 58.4 Å². The molecular formula is C20H29IN4O2. The molecule has 1 fully saturated rings. The Hall–Kier alpha value is -1.77. The first-order chi connectivity index (χ1) is 12.5. The van der Waals surface area contributed by atoms with E-state index in [1.54, 1.807) is 7.05 Å². The van der Waals surface area contributed by atoms with Crippen LogP contribution in [0, 0.1) is 18.8 Å². The van der Waals surface area contributed by atoms with Gasteiger partial charge in [0.1, 0.15) is 0 Å². The quantitative estimate of drug-likeness (QED) is 0.303. The fourth-order valence-corrected chi connectivity index (χ4v) is 3.89. The Morgan fingerprint density at radius 3 is 2.89 bits per heavy atom. The molecule has 0 aliphatic carbocycles. The number of fused-ring (bicyclic) bond motifs is 1. The minimum Gasteiger partial charge on any atom is -0.469 e. The highest BCUT2D eigenvalue weighted by Gasteiger charge is 2.36. The van der Waals surface area contributed by atoms with Crippen molar-refractivity contribution < 1.29 is 9.53 Å². The van der Waals surface area contributed by atoms with E-state index in [9.17, 15) is 4.79 Å². The molecule has 1 aromatic heterocycles. The number of aryl methyl sites for hydroxylation is 1. The van der Waals surface area contributed by atoms with Crippen molar-refractivity contribution in [3.05, 3.63) is 35.5 Å². The van der Waals surface area contributed by atoms with Gasteiger partial charge in [-0.2, -0.15) is 0 Å². The molecule has 2 heterocycles. The number of aliphatic imine (C=N–C) groups is 1. The van der Waals surface area contributed by atoms with E-state index < -0.39 is 0 Å². The summed E-state index contributed by atoms with van der Waals surface area (Å²) in [4.78, 5) is 21.8. The van der Waals surface area contributed by atoms with Crippen LogP contribution in [0.5, 0.6) is 0 Å². The van der Waals surface area contributed by atoms with Gasteiger partial charge >= 0.3 is 5.97 Å². The average molecular weight is 484 g/mol. The summed E-state index contributed by atoms with van der Waals surface area (Å²) < 4.78 is 4.92. The minimum absolute atomic E-state index is 0. The lowest BCUT2D eigenvalue weighted by Gasteiger charge is -2.21. The fraction of sp³-hybridized carbons (Fsp3) is 0.500. The summed E-state index contributed by atoms with van der Waals surface area (Å²) in [6.45, 7) is 6.49. The molecule has 6 nitrogen and oxygen atoms in total. The SMILES string of the molecule is CN=C(NCCc1c[nH]c2cccc(C)c12)N1CC(C)C(C(=O)OC)C1.I. The Balaban J connectivity index is 0.00000261. The Morgan fingerprint density at radius 2 is 2.19 bits per heavy atom. The van der Waals surface area contributed by atoms with Crippen LogP contribution in [0.15, 0.2) is 29.4 Å². The molecule has 2 aromatic rings. The van der Waals surface area contributed by atoms with Gasteiger partial charge in [0.05, 0.1) is 13.0 Å². The van der Waals surface area contributed by atoms with Gasteiger partial charge in [-0.15, -0.1) is 24.0 Å². The van der Waals surface area contributed by atoms with Gasteiger partial charge in [-0.25, -0.2) is 0 Å². The first-order valence-corrected chi connectivity index (χ1v) is 9.14. The highest BCUT2D eigenvalue weighted by atomic mass is 127. The van der Waals surface area contributed by atoms with Gasteiger partial charge in [0, 0.05) is 43.8 Å². The molecule has 2 N–H and O–H groups in total. The second kappa shape index (κ2) is 9.43. The number of hydrogen-bond acceptors (Lipinski definition) is 3. The van der Waals surface area contributed by atoms with Crippen LogP contribution in [0.2, 0.25) is 0 Å². The van der Waals surface area contributed by atoms with Crippen LogP contribution < -0.4 is 5.32 Å². The van der Waals surface area contributed by atoms with E-state index in [1.165, 1.54) is 29.1 Å². The monoisotopic (exact) mass is 484 g/mol. The molecule has 2 unspecified atom stereocenters. The van der Waals surface area contributed by atoms with Gasteiger partial charge < -0.3 is 19.9 Å². The molecule has 1 saturated heterocycles. The summed E-state index contributed by atoms with van der Waals surface area (Å²) in [6, 6.07) is 6.33. The summed E-state index contributed by atoms with van der Waals surface area (Å²) in [7, 11) is 3.24. The van der Waals surface area contributed by atoms with Crippen molar-refractivity contribution in [3.8, 4) is 0 Å². The van der Waals surface area contributed by atoms with Crippen molar-refractivity contribution in [1.82, 2.24) is 15.2 Å². The third-order valence-electron chi connectivity index (χ3n) is 5.30. The summed E-state index contributed by atoms with van der Waals surface area (Å²) in [5.41, 5.74) is 3.78. The number of benzene rings is 1. The number of nitrogens with zero attached hydrogens (tertiary/aromatic N) is 2. The fourth-order valence-electron chi connectivity index (χ4n) is 3.89. The predicted molar refractivity (Wildman–Crippen MR) is 120 cm³/mol. The van der Waals surface area contributed by atoms with Crippen LogP contribution in [0.1, 0.15) is 18.1 Å². The largest absolute Gasteiger partial charge is 0.469 e. The molecular weight excluding hydrogens is 455 g/mol. The highest BCUT2D eigenvalue weighted by molar-refractivity contribution is 14.0. The number of aromatic amines is 1. The predicted octanol–water partition coefficient (Wildman–Crippen LogP) is 2.95. The first kappa shape index (κ1) is 21.5. The number of hydrogen-bond donors (Lipinski definition) is 2. The van der Waals surface area contributed by atoms with Gasteiger partial charge in [0.15, 0.2) is 5.96 Å². The number of carbonyl (C=O) groups is 1. The van der Waals surface area contributed by atoms with Gasteiger partial charge in [-0.3, -0.25) is 9.79 Å². The first-order valence-electron chi connectivity index (χ1n) is 9.14. The molecule has 0 radical (unpaired) electrons. The number of H-pyrrole nitrogens is 1. The molecule has 1 aromatic carbocycles. The zero-order chi connectivity index (χ0) is 18.7. The Kier molecular flexibility index (Phi) is 7.52. The van der Waals surface area contributed by atoms with E-state index in [-0.39, 0.29) is 41.8 Å². The van der Waals surface area contributed by atoms with Crippen molar-refractivity contribution in [1.29, 1.82) is 0 Å². The van der Waals surface area contributed by atoms with Crippen LogP contribution in [0.25, 0.3) is 10.9 Å². The number of likely N-dealkylation sites (tertiary alicyclic amines) is 1. The van der Waals surface area contributed by atoms with Crippen molar-refractivity contribution in [2.24, 2.45) is 16.8 Å². The molecule has 0 saturated carbocycles. The summed E-state index contributed by atoms with van der Waals surface area (Å²) in [6.07, 6.45) is 3.00. The normalized spacial score (nSPS) is 19.9. The molecule has 1 aliphatic rings. The summed E-state index contributed by atoms with van der Waals surface area (Å²) >= 11 is 0. The molecule has 0 amide bonds. The zero-order valence-electron chi connectivity index (χ0n) is 16.4. The lowest BCUT2D eigenvalue weighted by Crippen LogP contribution is -2.41. The summed E-state index contributed by atoms with van der Waals surface area (Å²) in [5, 5.41) is 4.75. The maximum atomic E-state index is 11.9. The third-order valence-corrected chi connectivity index (χ3v) is 5.30. The number of guanidine groups is 1. The van der Waals surface area contributed by atoms with Crippen molar-refractivity contribution in [2.45, 2.75) is 20.3 Å². The van der Waals surface area contributed by atoms with Gasteiger partial charge in [0.2, 0.25) is 0 Å². The maximum absolute atomic E-state index is 11.9. The van der Waals surface area contributed by atoms with Crippen LogP contribution >= 0.6 is 24.0 Å². The van der Waals surface area contributed by atoms with Crippen LogP contribution in [0.4, 0.5) is 0 Å². The summed E-state index contributed by atoms with van der Waals surface area (Å²) in [5.74, 6) is 0.886. The molecule has 148 valence electrons. The Labute approximate surface area is 177 Å². The van der Waals surface area contributed by atoms with E-state index >= 15 is 0 Å². The van der Waals surface area contributed by atoms with E-state index in [0.717, 1.165) is 25.5 Å². The molecule has 2 atom stereocenters. The molecule has 3 rings (SSSR count). The number of carbonyl (C=O) groups excluding carboxylic acids is 1. The number of halogens is 1. The van der Waals surface area contributed by atoms with Gasteiger partial charge in [-0.1, -0.05) is 19.1 Å². The molecule has 0 bridgehead atoms. The van der Waals surface area contributed by atoms with Crippen LogP contribution in [-0.2, 0) is 16.0 Å². The standard InChI is InChI=1S/C20H28N4O2.HI/c1-13-6-5-7-17-18(13)15(10-23-17)8-9-22-20(21-3)24-11-14(2)16(12-24)19(25)26-4;/h5-7,10,14,16,23H,8-9,11-12H2,1-4H3,(H,21,22);1H. The van der Waals surface area contributed by atoms with Crippen molar-refractivity contribution in [3.63, 3.8) is 0 Å². The van der Waals surface area contributed by atoms with Gasteiger partial charge in [-0.05, 0) is 36.5 Å². The minimum atomic E-state index is -0.135. The second-order valence-electron chi connectivity index (χ2n) is 7.05. The number of aromatic nitrogens is 1. The van der Waals surface area contributed by atoms with Crippen molar-refractivity contribution in [2.75, 3.05) is 33.8 Å². The van der Waals surface area contributed by atoms with E-state index in [4.69, 9.17) is 4.74 Å². The van der Waals surface area contributed by atoms with E-state index in [0.29, 0.717) is 6.54 Å². The van der Waals surface area contributed by atoms with Gasteiger partial charge in [0.25, 0.3) is 0 Å². The number of nitrogens with one attached hydrogen (secondary N) is 2. The average Bonchev–Trinajstić information content (AvgIpc) is 3.22. The number of esters is 1. The third kappa shape index (κ3) is 4.56. The van der Waals surface area contributed by atoms with Crippen LogP contribution in [-0.4, -0.2) is 55.6 Å². The Morgan fingerprint density at radius 1 is 1.41 bits per heavy atom. The number of rotatable bonds is 4. The zero-order valence-corrected chi connectivity index (χ0v) is 18.7. The molecule has 0 spiro atoms. The molecule has 1 aliphatic heterocycles. The number of ether oxygens (including phenoxy) is 1. The lowest BCUT2D eigenvalue weighted by molar-refractivity contribution is -0.145. The number of methoxy groups -OCH3 is 1. The van der Waals surface area contributed by atoms with Crippen molar-refractivity contribution >= 4 is 46.8 Å².